The second-order valence-corrected chi connectivity index (χ2v) is 4.53. The summed E-state index contributed by atoms with van der Waals surface area (Å²) in [7, 11) is 1.75. The molecule has 94 valence electrons. The number of hydrogen-bond donors (Lipinski definition) is 1. The maximum atomic E-state index is 5.65. The molecule has 2 rings (SSSR count). The molecule has 0 amide bonds. The Labute approximate surface area is 103 Å². The highest BCUT2D eigenvalue weighted by atomic mass is 16.5. The van der Waals surface area contributed by atoms with Crippen LogP contribution in [-0.2, 0) is 12.8 Å². The van der Waals surface area contributed by atoms with Gasteiger partial charge in [0.2, 0.25) is 0 Å². The third kappa shape index (κ3) is 2.39. The molecule has 0 fully saturated rings. The maximum absolute atomic E-state index is 5.65. The predicted octanol–water partition coefficient (Wildman–Crippen LogP) is 2.22. The van der Waals surface area contributed by atoms with Crippen molar-refractivity contribution in [3.05, 3.63) is 22.8 Å². The van der Waals surface area contributed by atoms with E-state index in [2.05, 4.69) is 13.0 Å². The smallest absolute Gasteiger partial charge is 0.125 e. The number of ether oxygens (including phenoxy) is 2. The molecule has 1 aromatic rings. The van der Waals surface area contributed by atoms with Crippen molar-refractivity contribution in [1.29, 1.82) is 0 Å². The molecule has 0 radical (unpaired) electrons. The van der Waals surface area contributed by atoms with E-state index < -0.39 is 0 Å². The number of hydrogen-bond acceptors (Lipinski definition) is 3. The first-order valence-electron chi connectivity index (χ1n) is 6.30. The predicted molar refractivity (Wildman–Crippen MR) is 68.9 cm³/mol. The van der Waals surface area contributed by atoms with Crippen LogP contribution in [0.2, 0.25) is 0 Å². The zero-order chi connectivity index (χ0) is 12.3. The van der Waals surface area contributed by atoms with Crippen molar-refractivity contribution in [2.24, 2.45) is 5.73 Å². The minimum Gasteiger partial charge on any atom is -0.496 e. The van der Waals surface area contributed by atoms with Crippen LogP contribution in [0.25, 0.3) is 0 Å². The van der Waals surface area contributed by atoms with Crippen LogP contribution in [0, 0.1) is 6.92 Å². The Hall–Kier alpha value is -1.22. The Kier molecular flexibility index (Phi) is 3.89. The van der Waals surface area contributed by atoms with Crippen molar-refractivity contribution in [2.75, 3.05) is 20.3 Å². The van der Waals surface area contributed by atoms with Crippen LogP contribution in [0.4, 0.5) is 0 Å². The molecule has 1 aliphatic heterocycles. The van der Waals surface area contributed by atoms with Gasteiger partial charge in [0.1, 0.15) is 11.5 Å². The van der Waals surface area contributed by atoms with Gasteiger partial charge in [-0.3, -0.25) is 0 Å². The highest BCUT2D eigenvalue weighted by Gasteiger charge is 2.21. The molecule has 17 heavy (non-hydrogen) atoms. The molecule has 0 aromatic heterocycles. The van der Waals surface area contributed by atoms with Crippen molar-refractivity contribution < 1.29 is 9.47 Å². The first-order chi connectivity index (χ1) is 8.27. The largest absolute Gasteiger partial charge is 0.496 e. The lowest BCUT2D eigenvalue weighted by molar-refractivity contribution is 0.356. The normalized spacial score (nSPS) is 13.4. The third-order valence-corrected chi connectivity index (χ3v) is 3.34. The summed E-state index contributed by atoms with van der Waals surface area (Å²) < 4.78 is 11.2. The molecule has 1 heterocycles. The molecule has 1 aliphatic rings. The van der Waals surface area contributed by atoms with Gasteiger partial charge in [-0.1, -0.05) is 0 Å². The van der Waals surface area contributed by atoms with Crippen LogP contribution in [0.1, 0.15) is 29.5 Å². The Bertz CT molecular complexity index is 398. The lowest BCUT2D eigenvalue weighted by Crippen LogP contribution is -2.03. The van der Waals surface area contributed by atoms with Gasteiger partial charge in [0.05, 0.1) is 13.7 Å². The first-order valence-corrected chi connectivity index (χ1v) is 6.30. The molecule has 0 saturated carbocycles. The Balaban J connectivity index is 2.32. The summed E-state index contributed by atoms with van der Waals surface area (Å²) in [5.74, 6) is 2.08. The van der Waals surface area contributed by atoms with Crippen molar-refractivity contribution >= 4 is 0 Å². The molecule has 0 unspecified atom stereocenters. The molecule has 0 spiro atoms. The molecule has 1 aromatic carbocycles. The van der Waals surface area contributed by atoms with E-state index >= 15 is 0 Å². The number of methoxy groups -OCH3 is 1. The monoisotopic (exact) mass is 235 g/mol. The van der Waals surface area contributed by atoms with Crippen LogP contribution >= 0.6 is 0 Å². The lowest BCUT2D eigenvalue weighted by Gasteiger charge is -2.15. The van der Waals surface area contributed by atoms with Gasteiger partial charge < -0.3 is 15.2 Å². The Morgan fingerprint density at radius 2 is 2.24 bits per heavy atom. The molecular formula is C14H21NO2. The molecular weight excluding hydrogens is 214 g/mol. The van der Waals surface area contributed by atoms with E-state index in [1.165, 1.54) is 11.1 Å². The summed E-state index contributed by atoms with van der Waals surface area (Å²) in [4.78, 5) is 0. The van der Waals surface area contributed by atoms with E-state index in [4.69, 9.17) is 15.2 Å². The van der Waals surface area contributed by atoms with Gasteiger partial charge in [-0.2, -0.15) is 0 Å². The number of nitrogens with two attached hydrogens (primary N) is 1. The fourth-order valence-corrected chi connectivity index (χ4v) is 2.53. The van der Waals surface area contributed by atoms with E-state index in [1.807, 2.05) is 0 Å². The summed E-state index contributed by atoms with van der Waals surface area (Å²) in [6.45, 7) is 3.63. The Morgan fingerprint density at radius 1 is 1.41 bits per heavy atom. The Morgan fingerprint density at radius 3 is 2.94 bits per heavy atom. The van der Waals surface area contributed by atoms with Gasteiger partial charge in [0.15, 0.2) is 0 Å². The zero-order valence-electron chi connectivity index (χ0n) is 10.7. The van der Waals surface area contributed by atoms with Crippen LogP contribution < -0.4 is 15.2 Å². The fraction of sp³-hybridized carbons (Fsp3) is 0.571. The van der Waals surface area contributed by atoms with E-state index in [9.17, 15) is 0 Å². The summed E-state index contributed by atoms with van der Waals surface area (Å²) in [6, 6.07) is 2.09. The zero-order valence-corrected chi connectivity index (χ0v) is 10.7. The van der Waals surface area contributed by atoms with Crippen LogP contribution in [0.5, 0.6) is 11.5 Å². The van der Waals surface area contributed by atoms with Gasteiger partial charge in [0.25, 0.3) is 0 Å². The van der Waals surface area contributed by atoms with Gasteiger partial charge in [-0.05, 0) is 44.4 Å². The molecule has 0 atom stereocenters. The van der Waals surface area contributed by atoms with Gasteiger partial charge in [-0.15, -0.1) is 0 Å². The SMILES string of the molecule is COc1c(C)cc2c(c1CCCCN)CCO2. The van der Waals surface area contributed by atoms with Crippen molar-refractivity contribution in [3.8, 4) is 11.5 Å². The third-order valence-electron chi connectivity index (χ3n) is 3.34. The highest BCUT2D eigenvalue weighted by Crippen LogP contribution is 2.38. The minimum absolute atomic E-state index is 0.757. The fourth-order valence-electron chi connectivity index (χ4n) is 2.53. The topological polar surface area (TPSA) is 44.5 Å². The number of aryl methyl sites for hydroxylation is 1. The number of unbranched alkanes of at least 4 members (excludes halogenated alkanes) is 1. The van der Waals surface area contributed by atoms with Crippen LogP contribution in [0.3, 0.4) is 0 Å². The van der Waals surface area contributed by atoms with Crippen LogP contribution in [-0.4, -0.2) is 20.3 Å². The summed E-state index contributed by atoms with van der Waals surface area (Å²) in [5.41, 5.74) is 9.38. The average Bonchev–Trinajstić information content (AvgIpc) is 2.76. The van der Waals surface area contributed by atoms with Crippen LogP contribution in [0.15, 0.2) is 6.07 Å². The molecule has 3 heteroatoms. The number of benzene rings is 1. The maximum Gasteiger partial charge on any atom is 0.125 e. The number of rotatable bonds is 5. The lowest BCUT2D eigenvalue weighted by atomic mass is 9.96. The van der Waals surface area contributed by atoms with E-state index in [0.29, 0.717) is 0 Å². The minimum atomic E-state index is 0.757. The molecule has 0 saturated heterocycles. The van der Waals surface area contributed by atoms with Gasteiger partial charge >= 0.3 is 0 Å². The van der Waals surface area contributed by atoms with Gasteiger partial charge in [-0.25, -0.2) is 0 Å². The number of fused-ring (bicyclic) bond motifs is 1. The second-order valence-electron chi connectivity index (χ2n) is 4.53. The van der Waals surface area contributed by atoms with Gasteiger partial charge in [0, 0.05) is 17.5 Å². The molecule has 0 aliphatic carbocycles. The van der Waals surface area contributed by atoms with E-state index in [0.717, 1.165) is 55.9 Å². The summed E-state index contributed by atoms with van der Waals surface area (Å²) in [5, 5.41) is 0. The molecule has 2 N–H and O–H groups in total. The average molecular weight is 235 g/mol. The second kappa shape index (κ2) is 5.41. The molecule has 3 nitrogen and oxygen atoms in total. The van der Waals surface area contributed by atoms with Crippen molar-refractivity contribution in [2.45, 2.75) is 32.6 Å². The summed E-state index contributed by atoms with van der Waals surface area (Å²) in [6.07, 6.45) is 4.22. The molecule has 0 bridgehead atoms. The first kappa shape index (κ1) is 12.2. The summed E-state index contributed by atoms with van der Waals surface area (Å²) >= 11 is 0. The standard InChI is InChI=1S/C14H21NO2/c1-10-9-13-11(6-8-17-13)12(14(10)16-2)5-3-4-7-15/h9H,3-8,15H2,1-2H3. The quantitative estimate of drug-likeness (QED) is 0.796. The van der Waals surface area contributed by atoms with Crippen molar-refractivity contribution in [1.82, 2.24) is 0 Å². The van der Waals surface area contributed by atoms with E-state index in [-0.39, 0.29) is 0 Å². The van der Waals surface area contributed by atoms with E-state index in [1.54, 1.807) is 7.11 Å². The highest BCUT2D eigenvalue weighted by molar-refractivity contribution is 5.54. The van der Waals surface area contributed by atoms with Crippen molar-refractivity contribution in [3.63, 3.8) is 0 Å².